The quantitative estimate of drug-likeness (QED) is 0.0708. The SMILES string of the molecule is CCCCCCCCCCCCCc1ccccc1OC(CC)OC(=O)CC[N+](C)(C)Cc1ccccc1. The van der Waals surface area contributed by atoms with Crippen LogP contribution in [0, 0.1) is 0 Å². The highest BCUT2D eigenvalue weighted by Gasteiger charge is 2.21. The highest BCUT2D eigenvalue weighted by molar-refractivity contribution is 5.69. The molecule has 0 aliphatic heterocycles. The Morgan fingerprint density at radius 2 is 1.34 bits per heavy atom. The molecule has 212 valence electrons. The van der Waals surface area contributed by atoms with Crippen molar-refractivity contribution in [1.82, 2.24) is 0 Å². The number of hydrogen-bond acceptors (Lipinski definition) is 3. The lowest BCUT2D eigenvalue weighted by molar-refractivity contribution is -0.903. The second-order valence-corrected chi connectivity index (χ2v) is 11.4. The molecular weight excluding hydrogens is 470 g/mol. The summed E-state index contributed by atoms with van der Waals surface area (Å²) < 4.78 is 12.7. The van der Waals surface area contributed by atoms with Crippen LogP contribution in [-0.4, -0.2) is 37.4 Å². The molecule has 0 saturated heterocycles. The lowest BCUT2D eigenvalue weighted by Gasteiger charge is -2.30. The molecule has 2 aromatic rings. The topological polar surface area (TPSA) is 35.5 Å². The molecular formula is C34H54NO3+. The average molecular weight is 525 g/mol. The first-order valence-corrected chi connectivity index (χ1v) is 15.2. The molecule has 38 heavy (non-hydrogen) atoms. The van der Waals surface area contributed by atoms with Crippen molar-refractivity contribution in [3.05, 3.63) is 65.7 Å². The number of nitrogens with zero attached hydrogens (tertiary/aromatic N) is 1. The van der Waals surface area contributed by atoms with E-state index in [1.54, 1.807) is 0 Å². The Labute approximate surface area is 233 Å². The van der Waals surface area contributed by atoms with Gasteiger partial charge in [-0.3, -0.25) is 4.79 Å². The van der Waals surface area contributed by atoms with E-state index in [1.165, 1.54) is 81.8 Å². The maximum absolute atomic E-state index is 12.7. The molecule has 4 heteroatoms. The molecule has 0 bridgehead atoms. The van der Waals surface area contributed by atoms with Crippen molar-refractivity contribution in [2.75, 3.05) is 20.6 Å². The molecule has 0 N–H and O–H groups in total. The zero-order valence-corrected chi connectivity index (χ0v) is 24.8. The standard InChI is InChI=1S/C34H54NO3/c1-5-7-8-9-10-11-12-13-14-15-19-24-31-25-20-21-26-32(31)37-34(6-2)38-33(36)27-28-35(3,4)29-30-22-17-16-18-23-30/h16-18,20-23,25-26,34H,5-15,19,24,27-29H2,1-4H3/q+1. The summed E-state index contributed by atoms with van der Waals surface area (Å²) in [5.74, 6) is 0.651. The van der Waals surface area contributed by atoms with Crippen molar-refractivity contribution in [2.24, 2.45) is 0 Å². The second kappa shape index (κ2) is 18.8. The van der Waals surface area contributed by atoms with Gasteiger partial charge in [-0.25, -0.2) is 0 Å². The van der Waals surface area contributed by atoms with Crippen molar-refractivity contribution in [3.8, 4) is 5.75 Å². The van der Waals surface area contributed by atoms with Gasteiger partial charge in [0.25, 0.3) is 0 Å². The first-order chi connectivity index (χ1) is 18.4. The summed E-state index contributed by atoms with van der Waals surface area (Å²) in [6, 6.07) is 18.6. The molecule has 0 fully saturated rings. The van der Waals surface area contributed by atoms with Crippen molar-refractivity contribution < 1.29 is 18.8 Å². The van der Waals surface area contributed by atoms with E-state index in [0.717, 1.165) is 29.7 Å². The Hall–Kier alpha value is -2.33. The fourth-order valence-electron chi connectivity index (χ4n) is 4.89. The van der Waals surface area contributed by atoms with Gasteiger partial charge in [-0.2, -0.15) is 0 Å². The van der Waals surface area contributed by atoms with Gasteiger partial charge in [0.05, 0.1) is 27.1 Å². The minimum atomic E-state index is -0.550. The van der Waals surface area contributed by atoms with Crippen LogP contribution in [0.25, 0.3) is 0 Å². The van der Waals surface area contributed by atoms with Gasteiger partial charge in [-0.15, -0.1) is 0 Å². The minimum absolute atomic E-state index is 0.195. The molecule has 2 aromatic carbocycles. The van der Waals surface area contributed by atoms with Crippen LogP contribution < -0.4 is 4.74 Å². The fraction of sp³-hybridized carbons (Fsp3) is 0.618. The van der Waals surface area contributed by atoms with Crippen molar-refractivity contribution >= 4 is 5.97 Å². The number of carbonyl (C=O) groups excluding carboxylic acids is 1. The molecule has 0 heterocycles. The van der Waals surface area contributed by atoms with Gasteiger partial charge < -0.3 is 14.0 Å². The molecule has 0 saturated carbocycles. The Morgan fingerprint density at radius 3 is 1.97 bits per heavy atom. The van der Waals surface area contributed by atoms with Crippen molar-refractivity contribution in [3.63, 3.8) is 0 Å². The van der Waals surface area contributed by atoms with E-state index in [4.69, 9.17) is 9.47 Å². The third kappa shape index (κ3) is 14.0. The number of rotatable bonds is 21. The van der Waals surface area contributed by atoms with Crippen LogP contribution in [0.3, 0.4) is 0 Å². The van der Waals surface area contributed by atoms with E-state index in [0.29, 0.717) is 12.8 Å². The Kier molecular flexibility index (Phi) is 15.8. The van der Waals surface area contributed by atoms with E-state index in [-0.39, 0.29) is 5.97 Å². The third-order valence-electron chi connectivity index (χ3n) is 7.25. The number of aryl methyl sites for hydroxylation is 1. The maximum Gasteiger partial charge on any atom is 0.314 e. The zero-order valence-electron chi connectivity index (χ0n) is 24.8. The van der Waals surface area contributed by atoms with Crippen LogP contribution in [0.4, 0.5) is 0 Å². The molecule has 4 nitrogen and oxygen atoms in total. The number of benzene rings is 2. The van der Waals surface area contributed by atoms with Crippen molar-refractivity contribution in [2.45, 2.75) is 117 Å². The van der Waals surface area contributed by atoms with Gasteiger partial charge in [-0.1, -0.05) is 127 Å². The molecule has 0 aliphatic rings. The number of unbranched alkanes of at least 4 members (excludes halogenated alkanes) is 10. The van der Waals surface area contributed by atoms with Crippen molar-refractivity contribution in [1.29, 1.82) is 0 Å². The smallest absolute Gasteiger partial charge is 0.314 e. The summed E-state index contributed by atoms with van der Waals surface area (Å²) in [7, 11) is 4.30. The van der Waals surface area contributed by atoms with Gasteiger partial charge in [0.15, 0.2) is 0 Å². The summed E-state index contributed by atoms with van der Waals surface area (Å²) in [6.07, 6.45) is 16.2. The number of carbonyl (C=O) groups is 1. The van der Waals surface area contributed by atoms with Crippen LogP contribution in [0.15, 0.2) is 54.6 Å². The lowest BCUT2D eigenvalue weighted by Crippen LogP contribution is -2.41. The van der Waals surface area contributed by atoms with E-state index in [9.17, 15) is 4.79 Å². The predicted molar refractivity (Wildman–Crippen MR) is 159 cm³/mol. The summed E-state index contributed by atoms with van der Waals surface area (Å²) >= 11 is 0. The molecule has 0 aromatic heterocycles. The number of quaternary nitrogens is 1. The Morgan fingerprint density at radius 1 is 0.763 bits per heavy atom. The second-order valence-electron chi connectivity index (χ2n) is 11.4. The van der Waals surface area contributed by atoms with Gasteiger partial charge in [0.1, 0.15) is 12.3 Å². The molecule has 2 rings (SSSR count). The largest absolute Gasteiger partial charge is 0.455 e. The highest BCUT2D eigenvalue weighted by atomic mass is 16.7. The maximum atomic E-state index is 12.7. The zero-order chi connectivity index (χ0) is 27.5. The number of esters is 1. The number of hydrogen-bond donors (Lipinski definition) is 0. The van der Waals surface area contributed by atoms with E-state index < -0.39 is 6.29 Å². The predicted octanol–water partition coefficient (Wildman–Crippen LogP) is 8.86. The first-order valence-electron chi connectivity index (χ1n) is 15.2. The normalized spacial score (nSPS) is 12.3. The third-order valence-corrected chi connectivity index (χ3v) is 7.25. The highest BCUT2D eigenvalue weighted by Crippen LogP contribution is 2.23. The van der Waals surface area contributed by atoms with Crippen LogP contribution in [0.1, 0.15) is 108 Å². The van der Waals surface area contributed by atoms with Crippen LogP contribution in [0.5, 0.6) is 5.75 Å². The first kappa shape index (κ1) is 31.9. The van der Waals surface area contributed by atoms with E-state index >= 15 is 0 Å². The number of para-hydroxylation sites is 1. The van der Waals surface area contributed by atoms with Gasteiger partial charge in [0, 0.05) is 12.0 Å². The molecule has 0 radical (unpaired) electrons. The molecule has 0 aliphatic carbocycles. The molecule has 1 atom stereocenters. The summed E-state index contributed by atoms with van der Waals surface area (Å²) in [4.78, 5) is 12.7. The van der Waals surface area contributed by atoms with Gasteiger partial charge >= 0.3 is 5.97 Å². The molecule has 0 spiro atoms. The molecule has 0 amide bonds. The fourth-order valence-corrected chi connectivity index (χ4v) is 4.89. The monoisotopic (exact) mass is 524 g/mol. The Bertz CT molecular complexity index is 880. The molecule has 1 unspecified atom stereocenters. The van der Waals surface area contributed by atoms with Crippen LogP contribution in [0.2, 0.25) is 0 Å². The summed E-state index contributed by atoms with van der Waals surface area (Å²) in [6.45, 7) is 5.88. The summed E-state index contributed by atoms with van der Waals surface area (Å²) in [5.41, 5.74) is 2.48. The Balaban J connectivity index is 1.69. The van der Waals surface area contributed by atoms with Crippen LogP contribution in [-0.2, 0) is 22.5 Å². The van der Waals surface area contributed by atoms with Crippen LogP contribution >= 0.6 is 0 Å². The lowest BCUT2D eigenvalue weighted by atomic mass is 10.0. The van der Waals surface area contributed by atoms with Gasteiger partial charge in [-0.05, 0) is 24.5 Å². The average Bonchev–Trinajstić information content (AvgIpc) is 2.91. The summed E-state index contributed by atoms with van der Waals surface area (Å²) in [5, 5.41) is 0. The minimum Gasteiger partial charge on any atom is -0.455 e. The van der Waals surface area contributed by atoms with E-state index in [2.05, 4.69) is 57.4 Å². The van der Waals surface area contributed by atoms with E-state index in [1.807, 2.05) is 25.1 Å². The number of ether oxygens (including phenoxy) is 2. The van der Waals surface area contributed by atoms with Gasteiger partial charge in [0.2, 0.25) is 6.29 Å².